The SMILES string of the molecule is C[C@@H]1C2CCN(C(=O)c3cc(C4CC4)c(OCC45CC6CC(CC(C6)C4)C5)cc3F)C21. The minimum atomic E-state index is -0.397. The fraction of sp³-hybridized carbons (Fsp3) is 0.741. The summed E-state index contributed by atoms with van der Waals surface area (Å²) in [5.74, 6) is 4.53. The zero-order valence-corrected chi connectivity index (χ0v) is 18.6. The van der Waals surface area contributed by atoms with E-state index in [-0.39, 0.29) is 11.5 Å². The summed E-state index contributed by atoms with van der Waals surface area (Å²) in [4.78, 5) is 15.1. The Balaban J connectivity index is 1.14. The van der Waals surface area contributed by atoms with Crippen LogP contribution in [0.2, 0.25) is 0 Å². The second-order valence-corrected chi connectivity index (χ2v) is 12.2. The van der Waals surface area contributed by atoms with E-state index in [1.807, 2.05) is 11.0 Å². The van der Waals surface area contributed by atoms with Crippen LogP contribution in [0.25, 0.3) is 0 Å². The van der Waals surface area contributed by atoms with Gasteiger partial charge in [-0.2, -0.15) is 0 Å². The van der Waals surface area contributed by atoms with Gasteiger partial charge in [0.15, 0.2) is 0 Å². The van der Waals surface area contributed by atoms with Gasteiger partial charge in [-0.1, -0.05) is 6.92 Å². The van der Waals surface area contributed by atoms with Gasteiger partial charge in [0.2, 0.25) is 0 Å². The lowest BCUT2D eigenvalue weighted by atomic mass is 9.50. The topological polar surface area (TPSA) is 29.5 Å². The minimum Gasteiger partial charge on any atom is -0.493 e. The molecule has 4 heteroatoms. The molecule has 0 aromatic heterocycles. The van der Waals surface area contributed by atoms with E-state index in [9.17, 15) is 4.79 Å². The van der Waals surface area contributed by atoms with E-state index in [0.29, 0.717) is 35.0 Å². The van der Waals surface area contributed by atoms with Crippen LogP contribution in [0.4, 0.5) is 4.39 Å². The summed E-state index contributed by atoms with van der Waals surface area (Å²) in [6.07, 6.45) is 11.5. The number of amides is 1. The molecule has 0 radical (unpaired) electrons. The Morgan fingerprint density at radius 1 is 1.10 bits per heavy atom. The number of likely N-dealkylation sites (tertiary alicyclic amines) is 1. The minimum absolute atomic E-state index is 0.108. The zero-order valence-electron chi connectivity index (χ0n) is 18.6. The van der Waals surface area contributed by atoms with E-state index in [2.05, 4.69) is 6.92 Å². The first kappa shape index (κ1) is 18.9. The van der Waals surface area contributed by atoms with E-state index in [1.54, 1.807) is 6.07 Å². The molecule has 6 aliphatic carbocycles. The number of nitrogens with zero attached hydrogens (tertiary/aromatic N) is 1. The summed E-state index contributed by atoms with van der Waals surface area (Å²) in [7, 11) is 0. The Hall–Kier alpha value is -1.58. The third kappa shape index (κ3) is 2.99. The number of ether oxygens (including phenoxy) is 1. The standard InChI is InChI=1S/C27H34FNO2/c1-15-20-4-5-29(25(15)20)26(30)22-9-21(19-2-3-19)24(10-23(22)28)31-14-27-11-16-6-17(12-27)8-18(7-16)13-27/h9-10,15-20,25H,2-8,11-14H2,1H3/t15-,16?,17?,18?,20?,25?,27?/m1/s1. The Kier molecular flexibility index (Phi) is 3.96. The van der Waals surface area contributed by atoms with Gasteiger partial charge in [0.1, 0.15) is 11.6 Å². The summed E-state index contributed by atoms with van der Waals surface area (Å²) in [6, 6.07) is 3.74. The number of rotatable bonds is 5. The lowest BCUT2D eigenvalue weighted by Gasteiger charge is -2.56. The van der Waals surface area contributed by atoms with E-state index >= 15 is 4.39 Å². The largest absolute Gasteiger partial charge is 0.493 e. The molecule has 3 nitrogen and oxygen atoms in total. The maximum atomic E-state index is 15.2. The van der Waals surface area contributed by atoms with Crippen molar-refractivity contribution in [3.05, 3.63) is 29.1 Å². The summed E-state index contributed by atoms with van der Waals surface area (Å²) >= 11 is 0. The number of carbonyl (C=O) groups excluding carboxylic acids is 1. The van der Waals surface area contributed by atoms with Gasteiger partial charge in [0, 0.05) is 24.1 Å². The van der Waals surface area contributed by atoms with Gasteiger partial charge in [0.05, 0.1) is 12.2 Å². The third-order valence-corrected chi connectivity index (χ3v) is 9.88. The van der Waals surface area contributed by atoms with E-state index in [1.165, 1.54) is 38.5 Å². The van der Waals surface area contributed by atoms with Gasteiger partial charge in [-0.25, -0.2) is 4.39 Å². The van der Waals surface area contributed by atoms with Crippen molar-refractivity contribution in [2.75, 3.05) is 13.2 Å². The number of halogens is 1. The smallest absolute Gasteiger partial charge is 0.257 e. The molecule has 7 fully saturated rings. The first-order chi connectivity index (χ1) is 15.0. The van der Waals surface area contributed by atoms with Crippen molar-refractivity contribution < 1.29 is 13.9 Å². The van der Waals surface area contributed by atoms with Crippen LogP contribution >= 0.6 is 0 Å². The fourth-order valence-electron chi connectivity index (χ4n) is 8.57. The molecule has 31 heavy (non-hydrogen) atoms. The van der Waals surface area contributed by atoms with Crippen LogP contribution in [0.1, 0.15) is 86.6 Å². The van der Waals surface area contributed by atoms with E-state index in [0.717, 1.165) is 55.7 Å². The first-order valence-electron chi connectivity index (χ1n) is 12.8. The highest BCUT2D eigenvalue weighted by atomic mass is 19.1. The fourth-order valence-corrected chi connectivity index (χ4v) is 8.57. The first-order valence-corrected chi connectivity index (χ1v) is 12.8. The summed E-state index contributed by atoms with van der Waals surface area (Å²) < 4.78 is 21.7. The Labute approximate surface area is 184 Å². The highest BCUT2D eigenvalue weighted by molar-refractivity contribution is 5.95. The molecule has 1 aromatic carbocycles. The molecule has 1 heterocycles. The summed E-state index contributed by atoms with van der Waals surface area (Å²) in [5, 5.41) is 0. The Morgan fingerprint density at radius 3 is 2.35 bits per heavy atom. The Morgan fingerprint density at radius 2 is 1.77 bits per heavy atom. The highest BCUT2D eigenvalue weighted by Gasteiger charge is 2.56. The van der Waals surface area contributed by atoms with Crippen LogP contribution in [-0.2, 0) is 0 Å². The monoisotopic (exact) mass is 423 g/mol. The summed E-state index contributed by atoms with van der Waals surface area (Å²) in [6.45, 7) is 3.72. The second kappa shape index (κ2) is 6.48. The predicted molar refractivity (Wildman–Crippen MR) is 117 cm³/mol. The molecule has 2 unspecified atom stereocenters. The van der Waals surface area contributed by atoms with Gasteiger partial charge >= 0.3 is 0 Å². The van der Waals surface area contributed by atoms with Crippen LogP contribution in [0.3, 0.4) is 0 Å². The number of hydrogen-bond donors (Lipinski definition) is 0. The molecule has 1 saturated heterocycles. The average Bonchev–Trinajstić information content (AvgIpc) is 3.62. The zero-order chi connectivity index (χ0) is 20.9. The van der Waals surface area contributed by atoms with Crippen molar-refractivity contribution in [2.45, 2.75) is 76.7 Å². The van der Waals surface area contributed by atoms with Crippen molar-refractivity contribution in [3.63, 3.8) is 0 Å². The number of hydrogen-bond acceptors (Lipinski definition) is 2. The molecule has 166 valence electrons. The number of benzene rings is 1. The van der Waals surface area contributed by atoms with Crippen molar-refractivity contribution in [2.24, 2.45) is 35.0 Å². The molecule has 0 spiro atoms. The average molecular weight is 424 g/mol. The molecular weight excluding hydrogens is 389 g/mol. The lowest BCUT2D eigenvalue weighted by Crippen LogP contribution is -2.48. The molecule has 1 aliphatic heterocycles. The number of fused-ring (bicyclic) bond motifs is 1. The van der Waals surface area contributed by atoms with Crippen molar-refractivity contribution in [1.29, 1.82) is 0 Å². The molecule has 0 N–H and O–H groups in total. The van der Waals surface area contributed by atoms with Crippen molar-refractivity contribution in [1.82, 2.24) is 4.90 Å². The maximum absolute atomic E-state index is 15.2. The van der Waals surface area contributed by atoms with Crippen LogP contribution in [0.15, 0.2) is 12.1 Å². The van der Waals surface area contributed by atoms with E-state index in [4.69, 9.17) is 4.74 Å². The quantitative estimate of drug-likeness (QED) is 0.601. The molecule has 1 aromatic rings. The van der Waals surface area contributed by atoms with Crippen LogP contribution < -0.4 is 4.74 Å². The van der Waals surface area contributed by atoms with Crippen LogP contribution in [0, 0.1) is 40.8 Å². The van der Waals surface area contributed by atoms with Crippen molar-refractivity contribution in [3.8, 4) is 5.75 Å². The summed E-state index contributed by atoms with van der Waals surface area (Å²) in [5.41, 5.74) is 1.66. The molecular formula is C27H34FNO2. The molecule has 8 rings (SSSR count). The number of piperidine rings is 1. The van der Waals surface area contributed by atoms with Gasteiger partial charge in [0.25, 0.3) is 5.91 Å². The van der Waals surface area contributed by atoms with E-state index < -0.39 is 5.82 Å². The van der Waals surface area contributed by atoms with Crippen molar-refractivity contribution >= 4 is 5.91 Å². The lowest BCUT2D eigenvalue weighted by molar-refractivity contribution is -0.0747. The third-order valence-electron chi connectivity index (χ3n) is 9.88. The highest BCUT2D eigenvalue weighted by Crippen LogP contribution is 2.60. The van der Waals surface area contributed by atoms with Crippen LogP contribution in [-0.4, -0.2) is 30.0 Å². The normalized spacial score (nSPS) is 42.1. The van der Waals surface area contributed by atoms with Gasteiger partial charge in [-0.15, -0.1) is 0 Å². The molecule has 7 aliphatic rings. The van der Waals surface area contributed by atoms with Crippen LogP contribution in [0.5, 0.6) is 5.75 Å². The molecule has 6 saturated carbocycles. The number of carbonyl (C=O) groups is 1. The van der Waals surface area contributed by atoms with Gasteiger partial charge in [-0.05, 0) is 105 Å². The maximum Gasteiger partial charge on any atom is 0.257 e. The molecule has 4 bridgehead atoms. The molecule has 1 amide bonds. The predicted octanol–water partition coefficient (Wildman–Crippen LogP) is 5.78. The Bertz CT molecular complexity index is 902. The molecule has 3 atom stereocenters. The second-order valence-electron chi connectivity index (χ2n) is 12.2. The van der Waals surface area contributed by atoms with Gasteiger partial charge < -0.3 is 9.64 Å². The van der Waals surface area contributed by atoms with Gasteiger partial charge in [-0.3, -0.25) is 4.79 Å².